The fourth-order valence-electron chi connectivity index (χ4n) is 3.24. The minimum Gasteiger partial charge on any atom is -0.390 e. The molecule has 1 aromatic rings. The van der Waals surface area contributed by atoms with E-state index in [1.165, 1.54) is 18.4 Å². The number of hydrogen-bond acceptors (Lipinski definition) is 3. The Balaban J connectivity index is 1.42. The lowest BCUT2D eigenvalue weighted by atomic mass is 9.90. The van der Waals surface area contributed by atoms with Gasteiger partial charge in [0.05, 0.1) is 12.2 Å². The second-order valence-corrected chi connectivity index (χ2v) is 7.48. The lowest BCUT2D eigenvalue weighted by Crippen LogP contribution is -2.38. The average molecular weight is 278 g/mol. The Kier molecular flexibility index (Phi) is 4.15. The zero-order chi connectivity index (χ0) is 13.1. The van der Waals surface area contributed by atoms with E-state index in [2.05, 4.69) is 23.9 Å². The predicted molar refractivity (Wildman–Crippen MR) is 79.3 cm³/mol. The summed E-state index contributed by atoms with van der Waals surface area (Å²) < 4.78 is 5.71. The van der Waals surface area contributed by atoms with Crippen LogP contribution in [-0.2, 0) is 11.3 Å². The zero-order valence-electron chi connectivity index (χ0n) is 11.3. The maximum atomic E-state index is 10.7. The molecular weight excluding hydrogens is 256 g/mol. The van der Waals surface area contributed by atoms with Crippen LogP contribution in [0.15, 0.2) is 30.3 Å². The van der Waals surface area contributed by atoms with Gasteiger partial charge in [-0.05, 0) is 37.7 Å². The van der Waals surface area contributed by atoms with Crippen LogP contribution in [0.3, 0.4) is 0 Å². The molecule has 0 spiro atoms. The number of benzene rings is 1. The number of fused-ring (bicyclic) bond motifs is 2. The fraction of sp³-hybridized carbons (Fsp3) is 0.625. The molecule has 0 aliphatic carbocycles. The van der Waals surface area contributed by atoms with E-state index < -0.39 is 5.60 Å². The number of aliphatic hydroxyl groups is 1. The average Bonchev–Trinajstić information content (AvgIpc) is 2.76. The van der Waals surface area contributed by atoms with Gasteiger partial charge in [0.25, 0.3) is 0 Å². The van der Waals surface area contributed by atoms with Crippen molar-refractivity contribution in [2.45, 2.75) is 54.8 Å². The van der Waals surface area contributed by atoms with Crippen LogP contribution < -0.4 is 0 Å². The Hall–Kier alpha value is -0.510. The molecule has 0 aromatic heterocycles. The molecule has 2 atom stereocenters. The SMILES string of the molecule is OC1(CCOCc2ccccc2)CC2CCC(C1)S2. The molecule has 0 saturated carbocycles. The molecule has 3 rings (SSSR count). The summed E-state index contributed by atoms with van der Waals surface area (Å²) in [6.07, 6.45) is 5.30. The molecule has 2 bridgehead atoms. The quantitative estimate of drug-likeness (QED) is 0.837. The van der Waals surface area contributed by atoms with E-state index >= 15 is 0 Å². The van der Waals surface area contributed by atoms with Crippen molar-refractivity contribution >= 4 is 11.8 Å². The van der Waals surface area contributed by atoms with Crippen LogP contribution in [0.1, 0.15) is 37.7 Å². The highest BCUT2D eigenvalue weighted by atomic mass is 32.2. The van der Waals surface area contributed by atoms with Crippen LogP contribution in [0.5, 0.6) is 0 Å². The van der Waals surface area contributed by atoms with Crippen LogP contribution in [0.2, 0.25) is 0 Å². The summed E-state index contributed by atoms with van der Waals surface area (Å²) >= 11 is 2.09. The number of thioether (sulfide) groups is 1. The minimum absolute atomic E-state index is 0.465. The number of ether oxygens (including phenoxy) is 1. The summed E-state index contributed by atoms with van der Waals surface area (Å²) in [5.74, 6) is 0. The van der Waals surface area contributed by atoms with Crippen molar-refractivity contribution in [3.05, 3.63) is 35.9 Å². The number of rotatable bonds is 5. The molecule has 2 nitrogen and oxygen atoms in total. The van der Waals surface area contributed by atoms with Crippen molar-refractivity contribution in [3.63, 3.8) is 0 Å². The Bertz CT molecular complexity index is 394. The van der Waals surface area contributed by atoms with Crippen LogP contribution in [0.4, 0.5) is 0 Å². The smallest absolute Gasteiger partial charge is 0.0716 e. The molecule has 104 valence electrons. The van der Waals surface area contributed by atoms with Gasteiger partial charge >= 0.3 is 0 Å². The van der Waals surface area contributed by atoms with Gasteiger partial charge in [0.2, 0.25) is 0 Å². The minimum atomic E-state index is -0.465. The van der Waals surface area contributed by atoms with E-state index in [1.807, 2.05) is 18.2 Å². The first-order valence-electron chi connectivity index (χ1n) is 7.23. The van der Waals surface area contributed by atoms with Crippen LogP contribution in [-0.4, -0.2) is 27.8 Å². The van der Waals surface area contributed by atoms with Gasteiger partial charge in [0, 0.05) is 17.1 Å². The van der Waals surface area contributed by atoms with Gasteiger partial charge in [0.15, 0.2) is 0 Å². The number of hydrogen-bond donors (Lipinski definition) is 1. The van der Waals surface area contributed by atoms with Crippen LogP contribution >= 0.6 is 11.8 Å². The summed E-state index contributed by atoms with van der Waals surface area (Å²) in [6, 6.07) is 10.2. The lowest BCUT2D eigenvalue weighted by molar-refractivity contribution is -0.0153. The predicted octanol–water partition coefficient (Wildman–Crippen LogP) is 3.38. The van der Waals surface area contributed by atoms with Gasteiger partial charge in [-0.15, -0.1) is 0 Å². The highest BCUT2D eigenvalue weighted by Crippen LogP contribution is 2.48. The lowest BCUT2D eigenvalue weighted by Gasteiger charge is -2.36. The van der Waals surface area contributed by atoms with E-state index in [-0.39, 0.29) is 0 Å². The third kappa shape index (κ3) is 3.53. The first-order chi connectivity index (χ1) is 9.23. The fourth-order valence-corrected chi connectivity index (χ4v) is 5.14. The molecule has 2 fully saturated rings. The molecule has 1 N–H and O–H groups in total. The van der Waals surface area contributed by atoms with Gasteiger partial charge in [-0.2, -0.15) is 11.8 Å². The third-order valence-electron chi connectivity index (χ3n) is 4.23. The molecule has 2 unspecified atom stereocenters. The van der Waals surface area contributed by atoms with Crippen molar-refractivity contribution in [2.75, 3.05) is 6.61 Å². The van der Waals surface area contributed by atoms with Crippen LogP contribution in [0.25, 0.3) is 0 Å². The summed E-state index contributed by atoms with van der Waals surface area (Å²) in [6.45, 7) is 1.31. The Labute approximate surface area is 119 Å². The topological polar surface area (TPSA) is 29.5 Å². The van der Waals surface area contributed by atoms with Gasteiger partial charge in [-0.25, -0.2) is 0 Å². The molecule has 2 aliphatic heterocycles. The third-order valence-corrected chi connectivity index (χ3v) is 5.81. The van der Waals surface area contributed by atoms with Crippen LogP contribution in [0, 0.1) is 0 Å². The first-order valence-corrected chi connectivity index (χ1v) is 8.17. The van der Waals surface area contributed by atoms with Gasteiger partial charge in [0.1, 0.15) is 0 Å². The van der Waals surface area contributed by atoms with E-state index in [0.29, 0.717) is 23.7 Å². The van der Waals surface area contributed by atoms with Gasteiger partial charge in [-0.3, -0.25) is 0 Å². The van der Waals surface area contributed by atoms with Crippen molar-refractivity contribution in [1.29, 1.82) is 0 Å². The summed E-state index contributed by atoms with van der Waals surface area (Å²) in [5.41, 5.74) is 0.738. The Morgan fingerprint density at radius 1 is 1.16 bits per heavy atom. The van der Waals surface area contributed by atoms with E-state index in [1.54, 1.807) is 0 Å². The molecule has 2 saturated heterocycles. The van der Waals surface area contributed by atoms with Crippen molar-refractivity contribution in [2.24, 2.45) is 0 Å². The second kappa shape index (κ2) is 5.86. The molecule has 2 heterocycles. The summed E-state index contributed by atoms with van der Waals surface area (Å²) in [5, 5.41) is 12.0. The monoisotopic (exact) mass is 278 g/mol. The maximum Gasteiger partial charge on any atom is 0.0716 e. The molecule has 2 aliphatic rings. The Morgan fingerprint density at radius 3 is 2.53 bits per heavy atom. The van der Waals surface area contributed by atoms with Crippen molar-refractivity contribution in [1.82, 2.24) is 0 Å². The summed E-state index contributed by atoms with van der Waals surface area (Å²) in [7, 11) is 0. The van der Waals surface area contributed by atoms with Crippen molar-refractivity contribution in [3.8, 4) is 0 Å². The zero-order valence-corrected chi connectivity index (χ0v) is 12.1. The molecule has 1 aromatic carbocycles. The normalized spacial score (nSPS) is 33.5. The molecule has 3 heteroatoms. The summed E-state index contributed by atoms with van der Waals surface area (Å²) in [4.78, 5) is 0. The molecule has 0 amide bonds. The standard InChI is InChI=1S/C16H22O2S/c17-16(10-14-6-7-15(11-16)19-14)8-9-18-12-13-4-2-1-3-5-13/h1-5,14-15,17H,6-12H2. The van der Waals surface area contributed by atoms with E-state index in [9.17, 15) is 5.11 Å². The van der Waals surface area contributed by atoms with Crippen molar-refractivity contribution < 1.29 is 9.84 Å². The van der Waals surface area contributed by atoms with Gasteiger partial charge < -0.3 is 9.84 Å². The second-order valence-electron chi connectivity index (χ2n) is 5.88. The molecular formula is C16H22O2S. The van der Waals surface area contributed by atoms with Gasteiger partial charge in [-0.1, -0.05) is 30.3 Å². The van der Waals surface area contributed by atoms with E-state index in [4.69, 9.17) is 4.74 Å². The highest BCUT2D eigenvalue weighted by Gasteiger charge is 2.42. The largest absolute Gasteiger partial charge is 0.390 e. The maximum absolute atomic E-state index is 10.7. The van der Waals surface area contributed by atoms with E-state index in [0.717, 1.165) is 19.3 Å². The molecule has 19 heavy (non-hydrogen) atoms. The highest BCUT2D eigenvalue weighted by molar-refractivity contribution is 8.00. The Morgan fingerprint density at radius 2 is 1.84 bits per heavy atom. The molecule has 0 radical (unpaired) electrons. The first kappa shape index (κ1) is 13.5.